The van der Waals surface area contributed by atoms with Crippen LogP contribution in [0, 0.1) is 0 Å². The molecule has 1 aliphatic rings. The predicted octanol–water partition coefficient (Wildman–Crippen LogP) is 4.63. The highest BCUT2D eigenvalue weighted by Gasteiger charge is 2.26. The van der Waals surface area contributed by atoms with Gasteiger partial charge in [-0.1, -0.05) is 30.5 Å². The molecule has 1 aliphatic heterocycles. The van der Waals surface area contributed by atoms with Gasteiger partial charge in [0.25, 0.3) is 5.91 Å². The first kappa shape index (κ1) is 21.3. The van der Waals surface area contributed by atoms with Crippen molar-refractivity contribution >= 4 is 38.9 Å². The lowest BCUT2D eigenvalue weighted by Crippen LogP contribution is -2.33. The number of amides is 1. The third-order valence-electron chi connectivity index (χ3n) is 4.93. The Morgan fingerprint density at radius 1 is 1.14 bits per heavy atom. The minimum Gasteiger partial charge on any atom is -0.334 e. The van der Waals surface area contributed by atoms with Crippen LogP contribution in [0.25, 0.3) is 0 Å². The summed E-state index contributed by atoms with van der Waals surface area (Å²) in [6.07, 6.45) is 3.88. The normalized spacial score (nSPS) is 15.9. The summed E-state index contributed by atoms with van der Waals surface area (Å²) in [5.41, 5.74) is 0.389. The van der Waals surface area contributed by atoms with Gasteiger partial charge in [0.05, 0.1) is 15.8 Å². The molecule has 5 nitrogen and oxygen atoms in total. The zero-order chi connectivity index (χ0) is 20.1. The molecule has 1 amide bonds. The molecule has 0 spiro atoms. The van der Waals surface area contributed by atoms with Crippen molar-refractivity contribution in [3.05, 3.63) is 51.2 Å². The Hall–Kier alpha value is -1.41. The first-order chi connectivity index (χ1) is 13.4. The van der Waals surface area contributed by atoms with E-state index in [1.54, 1.807) is 27.4 Å². The molecular formula is C20H25ClN2O3S2. The predicted molar refractivity (Wildman–Crippen MR) is 113 cm³/mol. The van der Waals surface area contributed by atoms with Crippen molar-refractivity contribution < 1.29 is 13.2 Å². The van der Waals surface area contributed by atoms with Crippen LogP contribution in [0.5, 0.6) is 0 Å². The van der Waals surface area contributed by atoms with Crippen molar-refractivity contribution in [2.45, 2.75) is 44.0 Å². The zero-order valence-corrected chi connectivity index (χ0v) is 18.3. The highest BCUT2D eigenvalue weighted by Crippen LogP contribution is 2.24. The summed E-state index contributed by atoms with van der Waals surface area (Å²) in [4.78, 5) is 15.9. The topological polar surface area (TPSA) is 57.7 Å². The number of hydrogen-bond acceptors (Lipinski definition) is 4. The third kappa shape index (κ3) is 4.95. The van der Waals surface area contributed by atoms with Gasteiger partial charge >= 0.3 is 0 Å². The van der Waals surface area contributed by atoms with Gasteiger partial charge < -0.3 is 4.90 Å². The van der Waals surface area contributed by atoms with Crippen LogP contribution in [-0.4, -0.2) is 43.2 Å². The molecule has 1 fully saturated rings. The SMILES string of the molecule is CCN(Cc1ccc(Cl)s1)C(=O)c1cccc(S(=O)(=O)N2CCCCCC2)c1. The largest absolute Gasteiger partial charge is 0.334 e. The maximum Gasteiger partial charge on any atom is 0.254 e. The molecule has 2 heterocycles. The average Bonchev–Trinajstić information content (AvgIpc) is 2.93. The van der Waals surface area contributed by atoms with E-state index in [-0.39, 0.29) is 10.8 Å². The summed E-state index contributed by atoms with van der Waals surface area (Å²) in [6.45, 7) is 3.97. The molecular weight excluding hydrogens is 416 g/mol. The van der Waals surface area contributed by atoms with Crippen LogP contribution in [0.1, 0.15) is 47.8 Å². The molecule has 0 unspecified atom stereocenters. The average molecular weight is 441 g/mol. The van der Waals surface area contributed by atoms with Gasteiger partial charge in [0.15, 0.2) is 0 Å². The highest BCUT2D eigenvalue weighted by atomic mass is 35.5. The van der Waals surface area contributed by atoms with Gasteiger partial charge in [0.1, 0.15) is 0 Å². The van der Waals surface area contributed by atoms with Crippen molar-refractivity contribution in [3.63, 3.8) is 0 Å². The van der Waals surface area contributed by atoms with Gasteiger partial charge in [0, 0.05) is 30.1 Å². The Balaban J connectivity index is 1.81. The number of carbonyl (C=O) groups excluding carboxylic acids is 1. The molecule has 0 radical (unpaired) electrons. The summed E-state index contributed by atoms with van der Waals surface area (Å²) in [5, 5.41) is 0. The van der Waals surface area contributed by atoms with Crippen LogP contribution in [0.2, 0.25) is 4.34 Å². The molecule has 1 saturated heterocycles. The Labute approximate surface area is 176 Å². The van der Waals surface area contributed by atoms with Crippen LogP contribution < -0.4 is 0 Å². The fourth-order valence-electron chi connectivity index (χ4n) is 3.36. The Bertz CT molecular complexity index is 919. The maximum absolute atomic E-state index is 13.0. The lowest BCUT2D eigenvalue weighted by Gasteiger charge is -2.22. The van der Waals surface area contributed by atoms with Crippen molar-refractivity contribution in [3.8, 4) is 0 Å². The quantitative estimate of drug-likeness (QED) is 0.658. The van der Waals surface area contributed by atoms with Gasteiger partial charge in [-0.25, -0.2) is 8.42 Å². The smallest absolute Gasteiger partial charge is 0.254 e. The first-order valence-corrected chi connectivity index (χ1v) is 12.2. The van der Waals surface area contributed by atoms with Gasteiger partial charge in [-0.2, -0.15) is 4.31 Å². The second-order valence-corrected chi connectivity index (χ2v) is 10.6. The number of benzene rings is 1. The molecule has 0 saturated carbocycles. The standard InChI is InChI=1S/C20H25ClN2O3S2/c1-2-22(15-17-10-11-19(21)27-17)20(24)16-8-7-9-18(14-16)28(25,26)23-12-5-3-4-6-13-23/h7-11,14H,2-6,12-13,15H2,1H3. The Kier molecular flexibility index (Phi) is 7.15. The fourth-order valence-corrected chi connectivity index (χ4v) is 6.02. The summed E-state index contributed by atoms with van der Waals surface area (Å²) < 4.78 is 28.3. The highest BCUT2D eigenvalue weighted by molar-refractivity contribution is 7.89. The fraction of sp³-hybridized carbons (Fsp3) is 0.450. The minimum absolute atomic E-state index is 0.181. The lowest BCUT2D eigenvalue weighted by molar-refractivity contribution is 0.0754. The van der Waals surface area contributed by atoms with Crippen molar-refractivity contribution in [1.29, 1.82) is 0 Å². The zero-order valence-electron chi connectivity index (χ0n) is 15.9. The van der Waals surface area contributed by atoms with E-state index in [0.717, 1.165) is 30.6 Å². The molecule has 1 aromatic heterocycles. The van der Waals surface area contributed by atoms with Crippen LogP contribution >= 0.6 is 22.9 Å². The van der Waals surface area contributed by atoms with E-state index in [1.807, 2.05) is 19.1 Å². The van der Waals surface area contributed by atoms with E-state index in [4.69, 9.17) is 11.6 Å². The first-order valence-electron chi connectivity index (χ1n) is 9.55. The van der Waals surface area contributed by atoms with E-state index in [9.17, 15) is 13.2 Å². The Morgan fingerprint density at radius 3 is 2.46 bits per heavy atom. The number of carbonyl (C=O) groups is 1. The van der Waals surface area contributed by atoms with Gasteiger partial charge in [-0.05, 0) is 50.1 Å². The van der Waals surface area contributed by atoms with E-state index in [0.29, 0.717) is 36.1 Å². The van der Waals surface area contributed by atoms with Crippen LogP contribution in [0.4, 0.5) is 0 Å². The molecule has 1 aromatic carbocycles. The van der Waals surface area contributed by atoms with Gasteiger partial charge in [-0.15, -0.1) is 11.3 Å². The number of thiophene rings is 1. The minimum atomic E-state index is -3.58. The number of sulfonamides is 1. The van der Waals surface area contributed by atoms with E-state index in [2.05, 4.69) is 0 Å². The summed E-state index contributed by atoms with van der Waals surface area (Å²) in [5.74, 6) is -0.181. The van der Waals surface area contributed by atoms with Crippen LogP contribution in [-0.2, 0) is 16.6 Å². The van der Waals surface area contributed by atoms with Gasteiger partial charge in [0.2, 0.25) is 10.0 Å². The maximum atomic E-state index is 13.0. The molecule has 0 atom stereocenters. The molecule has 0 aliphatic carbocycles. The number of hydrogen-bond donors (Lipinski definition) is 0. The molecule has 28 heavy (non-hydrogen) atoms. The van der Waals surface area contributed by atoms with Crippen molar-refractivity contribution in [2.75, 3.05) is 19.6 Å². The number of halogens is 1. The van der Waals surface area contributed by atoms with Crippen LogP contribution in [0.3, 0.4) is 0 Å². The number of nitrogens with zero attached hydrogens (tertiary/aromatic N) is 2. The second-order valence-electron chi connectivity index (χ2n) is 6.87. The second kappa shape index (κ2) is 9.39. The van der Waals surface area contributed by atoms with Crippen LogP contribution in [0.15, 0.2) is 41.3 Å². The lowest BCUT2D eigenvalue weighted by atomic mass is 10.2. The summed E-state index contributed by atoms with van der Waals surface area (Å²) in [6, 6.07) is 10.1. The summed E-state index contributed by atoms with van der Waals surface area (Å²) in [7, 11) is -3.58. The molecule has 0 bridgehead atoms. The van der Waals surface area contributed by atoms with Crippen molar-refractivity contribution in [2.24, 2.45) is 0 Å². The summed E-state index contributed by atoms with van der Waals surface area (Å²) >= 11 is 7.42. The number of rotatable bonds is 6. The monoisotopic (exact) mass is 440 g/mol. The van der Waals surface area contributed by atoms with Gasteiger partial charge in [-0.3, -0.25) is 4.79 Å². The molecule has 8 heteroatoms. The molecule has 152 valence electrons. The molecule has 2 aromatic rings. The van der Waals surface area contributed by atoms with E-state index >= 15 is 0 Å². The molecule has 3 rings (SSSR count). The molecule has 0 N–H and O–H groups in total. The van der Waals surface area contributed by atoms with E-state index < -0.39 is 10.0 Å². The third-order valence-corrected chi connectivity index (χ3v) is 8.04. The van der Waals surface area contributed by atoms with Crippen molar-refractivity contribution in [1.82, 2.24) is 9.21 Å². The van der Waals surface area contributed by atoms with E-state index in [1.165, 1.54) is 17.4 Å². The Morgan fingerprint density at radius 2 is 1.86 bits per heavy atom.